The molecule has 0 fully saturated rings. The zero-order valence-electron chi connectivity index (χ0n) is 10.6. The first-order chi connectivity index (χ1) is 7.72. The molecule has 1 unspecified atom stereocenters. The minimum absolute atomic E-state index is 0.239. The number of thiophene rings is 1. The van der Waals surface area contributed by atoms with Crippen LogP contribution in [0.15, 0.2) is 12.1 Å². The highest BCUT2D eigenvalue weighted by Gasteiger charge is 2.19. The summed E-state index contributed by atoms with van der Waals surface area (Å²) in [5, 5.41) is 0. The van der Waals surface area contributed by atoms with Crippen LogP contribution in [-0.2, 0) is 6.42 Å². The zero-order chi connectivity index (χ0) is 12.0. The van der Waals surface area contributed by atoms with E-state index in [1.165, 1.54) is 11.3 Å². The van der Waals surface area contributed by atoms with Crippen LogP contribution in [0.5, 0.6) is 0 Å². The molecule has 16 heavy (non-hydrogen) atoms. The molecule has 0 aromatic carbocycles. The van der Waals surface area contributed by atoms with Crippen LogP contribution in [0.1, 0.15) is 61.0 Å². The van der Waals surface area contributed by atoms with Crippen LogP contribution in [0.3, 0.4) is 0 Å². The van der Waals surface area contributed by atoms with Gasteiger partial charge in [0.25, 0.3) is 0 Å². The van der Waals surface area contributed by atoms with Crippen LogP contribution >= 0.6 is 11.3 Å². The number of Topliss-reactive ketones (excluding diaryl/α,β-unsaturated/α-hetero) is 1. The summed E-state index contributed by atoms with van der Waals surface area (Å²) in [4.78, 5) is 14.5. The van der Waals surface area contributed by atoms with Gasteiger partial charge in [0.05, 0.1) is 4.88 Å². The van der Waals surface area contributed by atoms with Gasteiger partial charge in [0, 0.05) is 10.8 Å². The minimum atomic E-state index is 0.239. The molecular weight excluding hydrogens is 216 g/mol. The van der Waals surface area contributed by atoms with Gasteiger partial charge in [-0.1, -0.05) is 33.6 Å². The van der Waals surface area contributed by atoms with Crippen LogP contribution in [-0.4, -0.2) is 5.78 Å². The standard InChI is InChI=1S/C14H22OS/c1-4-7-8-11(5-2)14(15)13-10-9-12(6-3)16-13/h9-11H,4-8H2,1-3H3. The molecule has 0 radical (unpaired) electrons. The Balaban J connectivity index is 2.66. The van der Waals surface area contributed by atoms with Gasteiger partial charge in [-0.05, 0) is 31.4 Å². The summed E-state index contributed by atoms with van der Waals surface area (Å²) >= 11 is 1.67. The fourth-order valence-electron chi connectivity index (χ4n) is 1.87. The summed E-state index contributed by atoms with van der Waals surface area (Å²) in [6.45, 7) is 6.43. The quantitative estimate of drug-likeness (QED) is 0.629. The fraction of sp³-hybridized carbons (Fsp3) is 0.643. The van der Waals surface area contributed by atoms with E-state index in [0.29, 0.717) is 5.78 Å². The molecule has 1 aromatic heterocycles. The first-order valence-electron chi connectivity index (χ1n) is 6.35. The molecule has 0 spiro atoms. The van der Waals surface area contributed by atoms with Crippen molar-refractivity contribution in [1.82, 2.24) is 0 Å². The van der Waals surface area contributed by atoms with Gasteiger partial charge in [-0.25, -0.2) is 0 Å². The molecule has 90 valence electrons. The molecule has 1 rings (SSSR count). The fourth-order valence-corrected chi connectivity index (χ4v) is 2.84. The number of hydrogen-bond donors (Lipinski definition) is 0. The van der Waals surface area contributed by atoms with E-state index in [9.17, 15) is 4.79 Å². The molecule has 0 saturated heterocycles. The second-order valence-corrected chi connectivity index (χ2v) is 5.40. The summed E-state index contributed by atoms with van der Waals surface area (Å²) < 4.78 is 0. The average Bonchev–Trinajstić information content (AvgIpc) is 2.78. The van der Waals surface area contributed by atoms with E-state index in [2.05, 4.69) is 26.8 Å². The van der Waals surface area contributed by atoms with Crippen LogP contribution in [0, 0.1) is 5.92 Å². The molecule has 1 heterocycles. The lowest BCUT2D eigenvalue weighted by Gasteiger charge is -2.11. The van der Waals surface area contributed by atoms with E-state index in [1.54, 1.807) is 11.3 Å². The number of carbonyl (C=O) groups is 1. The highest BCUT2D eigenvalue weighted by molar-refractivity contribution is 7.14. The van der Waals surface area contributed by atoms with Gasteiger partial charge < -0.3 is 0 Å². The molecule has 0 aliphatic carbocycles. The Morgan fingerprint density at radius 3 is 2.56 bits per heavy atom. The Kier molecular flexibility index (Phi) is 5.75. The van der Waals surface area contributed by atoms with Gasteiger partial charge in [-0.2, -0.15) is 0 Å². The molecule has 0 aliphatic heterocycles. The SMILES string of the molecule is CCCCC(CC)C(=O)c1ccc(CC)s1. The molecule has 0 aliphatic rings. The van der Waals surface area contributed by atoms with E-state index in [-0.39, 0.29) is 5.92 Å². The van der Waals surface area contributed by atoms with E-state index in [0.717, 1.165) is 30.6 Å². The number of unbranched alkanes of at least 4 members (excludes halogenated alkanes) is 1. The normalized spacial score (nSPS) is 12.7. The van der Waals surface area contributed by atoms with E-state index >= 15 is 0 Å². The third kappa shape index (κ3) is 3.44. The predicted octanol–water partition coefficient (Wildman–Crippen LogP) is 4.71. The number of rotatable bonds is 7. The van der Waals surface area contributed by atoms with E-state index in [4.69, 9.17) is 0 Å². The van der Waals surface area contributed by atoms with E-state index in [1.807, 2.05) is 6.07 Å². The minimum Gasteiger partial charge on any atom is -0.293 e. The van der Waals surface area contributed by atoms with Crippen molar-refractivity contribution in [3.8, 4) is 0 Å². The number of carbonyl (C=O) groups excluding carboxylic acids is 1. The van der Waals surface area contributed by atoms with Crippen molar-refractivity contribution in [2.75, 3.05) is 0 Å². The Labute approximate surface area is 103 Å². The number of aryl methyl sites for hydroxylation is 1. The van der Waals surface area contributed by atoms with Gasteiger partial charge >= 0.3 is 0 Å². The maximum Gasteiger partial charge on any atom is 0.175 e. The first kappa shape index (κ1) is 13.4. The summed E-state index contributed by atoms with van der Waals surface area (Å²) in [5.41, 5.74) is 0. The lowest BCUT2D eigenvalue weighted by molar-refractivity contribution is 0.0912. The predicted molar refractivity (Wildman–Crippen MR) is 71.3 cm³/mol. The molecule has 1 atom stereocenters. The number of hydrogen-bond acceptors (Lipinski definition) is 2. The Morgan fingerprint density at radius 1 is 1.31 bits per heavy atom. The van der Waals surface area contributed by atoms with Crippen LogP contribution < -0.4 is 0 Å². The van der Waals surface area contributed by atoms with Gasteiger partial charge in [-0.3, -0.25) is 4.79 Å². The highest BCUT2D eigenvalue weighted by Crippen LogP contribution is 2.24. The number of ketones is 1. The van der Waals surface area contributed by atoms with Gasteiger partial charge in [0.15, 0.2) is 5.78 Å². The lowest BCUT2D eigenvalue weighted by Crippen LogP contribution is -2.12. The van der Waals surface area contributed by atoms with Crippen LogP contribution in [0.2, 0.25) is 0 Å². The first-order valence-corrected chi connectivity index (χ1v) is 7.17. The smallest absolute Gasteiger partial charge is 0.175 e. The summed E-state index contributed by atoms with van der Waals surface area (Å²) in [7, 11) is 0. The van der Waals surface area contributed by atoms with Crippen molar-refractivity contribution in [1.29, 1.82) is 0 Å². The zero-order valence-corrected chi connectivity index (χ0v) is 11.4. The Morgan fingerprint density at radius 2 is 2.06 bits per heavy atom. The lowest BCUT2D eigenvalue weighted by atomic mass is 9.94. The second kappa shape index (κ2) is 6.85. The molecule has 1 aromatic rings. The summed E-state index contributed by atoms with van der Waals surface area (Å²) in [6.07, 6.45) is 5.39. The van der Waals surface area contributed by atoms with Crippen molar-refractivity contribution in [3.05, 3.63) is 21.9 Å². The van der Waals surface area contributed by atoms with Crippen molar-refractivity contribution in [2.45, 2.75) is 52.9 Å². The van der Waals surface area contributed by atoms with Crippen molar-refractivity contribution >= 4 is 17.1 Å². The summed E-state index contributed by atoms with van der Waals surface area (Å²) in [5.74, 6) is 0.601. The molecule has 1 nitrogen and oxygen atoms in total. The average molecular weight is 238 g/mol. The largest absolute Gasteiger partial charge is 0.293 e. The molecule has 0 amide bonds. The van der Waals surface area contributed by atoms with Crippen molar-refractivity contribution < 1.29 is 4.79 Å². The highest BCUT2D eigenvalue weighted by atomic mass is 32.1. The molecule has 0 saturated carbocycles. The Bertz CT molecular complexity index is 327. The third-order valence-electron chi connectivity index (χ3n) is 3.02. The van der Waals surface area contributed by atoms with Crippen LogP contribution in [0.4, 0.5) is 0 Å². The maximum atomic E-state index is 12.2. The van der Waals surface area contributed by atoms with Gasteiger partial charge in [0.2, 0.25) is 0 Å². The Hall–Kier alpha value is -0.630. The van der Waals surface area contributed by atoms with E-state index < -0.39 is 0 Å². The summed E-state index contributed by atoms with van der Waals surface area (Å²) in [6, 6.07) is 4.09. The molecular formula is C14H22OS. The third-order valence-corrected chi connectivity index (χ3v) is 4.27. The van der Waals surface area contributed by atoms with Crippen LogP contribution in [0.25, 0.3) is 0 Å². The van der Waals surface area contributed by atoms with Gasteiger partial charge in [0.1, 0.15) is 0 Å². The topological polar surface area (TPSA) is 17.1 Å². The monoisotopic (exact) mass is 238 g/mol. The molecule has 0 N–H and O–H groups in total. The van der Waals surface area contributed by atoms with Gasteiger partial charge in [-0.15, -0.1) is 11.3 Å². The molecule has 2 heteroatoms. The maximum absolute atomic E-state index is 12.2. The van der Waals surface area contributed by atoms with Crippen molar-refractivity contribution in [3.63, 3.8) is 0 Å². The van der Waals surface area contributed by atoms with Crippen molar-refractivity contribution in [2.24, 2.45) is 5.92 Å². The molecule has 0 bridgehead atoms. The second-order valence-electron chi connectivity index (χ2n) is 4.23.